The van der Waals surface area contributed by atoms with Gasteiger partial charge in [-0.3, -0.25) is 0 Å². The van der Waals surface area contributed by atoms with E-state index >= 15 is 0 Å². The van der Waals surface area contributed by atoms with Crippen LogP contribution in [0.5, 0.6) is 0 Å². The van der Waals surface area contributed by atoms with Gasteiger partial charge >= 0.3 is 6.18 Å². The average molecular weight is 313 g/mol. The average Bonchev–Trinajstić information content (AvgIpc) is 2.43. The van der Waals surface area contributed by atoms with Crippen molar-refractivity contribution < 1.29 is 17.6 Å². The van der Waals surface area contributed by atoms with Gasteiger partial charge in [-0.05, 0) is 12.1 Å². The summed E-state index contributed by atoms with van der Waals surface area (Å²) in [4.78, 5) is 13.2. The second-order valence-electron chi connectivity index (χ2n) is 4.87. The number of pyridine rings is 1. The molecule has 0 spiro atoms. The molecule has 1 N–H and O–H groups in total. The van der Waals surface area contributed by atoms with Crippen molar-refractivity contribution in [3.05, 3.63) is 42.1 Å². The van der Waals surface area contributed by atoms with E-state index in [1.54, 1.807) is 4.90 Å². The van der Waals surface area contributed by atoms with Crippen LogP contribution in [0.4, 0.5) is 29.3 Å². The summed E-state index contributed by atoms with van der Waals surface area (Å²) in [6.07, 6.45) is -1.16. The summed E-state index contributed by atoms with van der Waals surface area (Å²) in [7, 11) is 0. The van der Waals surface area contributed by atoms with Crippen LogP contribution in [0.25, 0.3) is 0 Å². The Labute approximate surface area is 123 Å². The molecule has 2 aromatic heterocycles. The van der Waals surface area contributed by atoms with E-state index in [1.165, 1.54) is 0 Å². The lowest BCUT2D eigenvalue weighted by atomic mass is 10.1. The Balaban J connectivity index is 1.60. The van der Waals surface area contributed by atoms with E-state index in [4.69, 9.17) is 0 Å². The van der Waals surface area contributed by atoms with Crippen molar-refractivity contribution in [2.45, 2.75) is 12.2 Å². The van der Waals surface area contributed by atoms with Crippen LogP contribution in [-0.4, -0.2) is 34.1 Å². The van der Waals surface area contributed by atoms with Crippen LogP contribution in [0, 0.1) is 5.82 Å². The van der Waals surface area contributed by atoms with E-state index in [0.29, 0.717) is 13.1 Å². The molecule has 1 aliphatic rings. The first-order valence-electron chi connectivity index (χ1n) is 6.44. The maximum Gasteiger partial charge on any atom is 0.416 e. The molecule has 3 heterocycles. The molecule has 9 heteroatoms. The SMILES string of the molecule is Fc1cnc(NC2CN(c3cc(C(F)(F)F)ccn3)C2)nc1. The molecule has 0 aliphatic carbocycles. The summed E-state index contributed by atoms with van der Waals surface area (Å²) in [6, 6.07) is 1.93. The number of alkyl halides is 3. The summed E-state index contributed by atoms with van der Waals surface area (Å²) < 4.78 is 50.6. The lowest BCUT2D eigenvalue weighted by molar-refractivity contribution is -0.137. The van der Waals surface area contributed by atoms with Crippen LogP contribution in [-0.2, 0) is 6.18 Å². The fourth-order valence-corrected chi connectivity index (χ4v) is 2.09. The van der Waals surface area contributed by atoms with E-state index in [0.717, 1.165) is 30.7 Å². The number of rotatable bonds is 3. The second-order valence-corrected chi connectivity index (χ2v) is 4.87. The van der Waals surface area contributed by atoms with Crippen molar-refractivity contribution >= 4 is 11.8 Å². The van der Waals surface area contributed by atoms with Gasteiger partial charge in [-0.1, -0.05) is 0 Å². The highest BCUT2D eigenvalue weighted by molar-refractivity contribution is 5.47. The highest BCUT2D eigenvalue weighted by atomic mass is 19.4. The van der Waals surface area contributed by atoms with Gasteiger partial charge < -0.3 is 10.2 Å². The smallest absolute Gasteiger partial charge is 0.352 e. The Morgan fingerprint density at radius 2 is 1.82 bits per heavy atom. The zero-order chi connectivity index (χ0) is 15.7. The monoisotopic (exact) mass is 313 g/mol. The van der Waals surface area contributed by atoms with Crippen molar-refractivity contribution in [1.29, 1.82) is 0 Å². The number of anilines is 2. The molecule has 116 valence electrons. The van der Waals surface area contributed by atoms with Gasteiger partial charge in [0.15, 0.2) is 5.82 Å². The summed E-state index contributed by atoms with van der Waals surface area (Å²) in [6.45, 7) is 0.935. The van der Waals surface area contributed by atoms with Crippen molar-refractivity contribution in [1.82, 2.24) is 15.0 Å². The number of aromatic nitrogens is 3. The van der Waals surface area contributed by atoms with Crippen LogP contribution in [0.2, 0.25) is 0 Å². The number of halogens is 4. The minimum Gasteiger partial charge on any atom is -0.352 e. The summed E-state index contributed by atoms with van der Waals surface area (Å²) in [5, 5.41) is 2.97. The minimum atomic E-state index is -4.39. The fourth-order valence-electron chi connectivity index (χ4n) is 2.09. The molecule has 1 saturated heterocycles. The quantitative estimate of drug-likeness (QED) is 0.882. The molecule has 2 aromatic rings. The van der Waals surface area contributed by atoms with E-state index < -0.39 is 17.6 Å². The summed E-state index contributed by atoms with van der Waals surface area (Å²) in [5.41, 5.74) is -0.726. The highest BCUT2D eigenvalue weighted by Gasteiger charge is 2.33. The van der Waals surface area contributed by atoms with Crippen molar-refractivity contribution in [2.24, 2.45) is 0 Å². The number of hydrogen-bond acceptors (Lipinski definition) is 5. The Morgan fingerprint density at radius 3 is 2.45 bits per heavy atom. The van der Waals surface area contributed by atoms with Crippen LogP contribution in [0.15, 0.2) is 30.7 Å². The van der Waals surface area contributed by atoms with Crippen molar-refractivity contribution in [3.63, 3.8) is 0 Å². The van der Waals surface area contributed by atoms with Crippen LogP contribution >= 0.6 is 0 Å². The third-order valence-corrected chi connectivity index (χ3v) is 3.23. The Kier molecular flexibility index (Phi) is 3.55. The van der Waals surface area contributed by atoms with Gasteiger partial charge in [0.2, 0.25) is 5.95 Å². The summed E-state index contributed by atoms with van der Waals surface area (Å²) >= 11 is 0. The molecule has 5 nitrogen and oxygen atoms in total. The lowest BCUT2D eigenvalue weighted by Gasteiger charge is -2.40. The molecular formula is C13H11F4N5. The lowest BCUT2D eigenvalue weighted by Crippen LogP contribution is -2.55. The molecule has 0 atom stereocenters. The van der Waals surface area contributed by atoms with E-state index in [2.05, 4.69) is 20.3 Å². The van der Waals surface area contributed by atoms with Gasteiger partial charge in [-0.2, -0.15) is 13.2 Å². The van der Waals surface area contributed by atoms with E-state index in [-0.39, 0.29) is 17.8 Å². The first-order valence-corrected chi connectivity index (χ1v) is 6.44. The molecule has 3 rings (SSSR count). The normalized spacial score (nSPS) is 15.5. The zero-order valence-electron chi connectivity index (χ0n) is 11.2. The van der Waals surface area contributed by atoms with Gasteiger partial charge in [0.1, 0.15) is 5.82 Å². The van der Waals surface area contributed by atoms with Crippen molar-refractivity contribution in [3.8, 4) is 0 Å². The van der Waals surface area contributed by atoms with Gasteiger partial charge in [0, 0.05) is 19.3 Å². The van der Waals surface area contributed by atoms with Gasteiger partial charge in [0.25, 0.3) is 0 Å². The van der Waals surface area contributed by atoms with Crippen LogP contribution < -0.4 is 10.2 Å². The first-order chi connectivity index (χ1) is 10.4. The van der Waals surface area contributed by atoms with E-state index in [1.807, 2.05) is 0 Å². The topological polar surface area (TPSA) is 53.9 Å². The summed E-state index contributed by atoms with van der Waals surface area (Å²) in [5.74, 6) is 0.0184. The molecule has 0 saturated carbocycles. The highest BCUT2D eigenvalue weighted by Crippen LogP contribution is 2.31. The maximum absolute atomic E-state index is 12.7. The number of hydrogen-bond donors (Lipinski definition) is 1. The molecule has 0 bridgehead atoms. The largest absolute Gasteiger partial charge is 0.416 e. The Hall–Kier alpha value is -2.45. The molecule has 22 heavy (non-hydrogen) atoms. The third kappa shape index (κ3) is 3.07. The van der Waals surface area contributed by atoms with Crippen LogP contribution in [0.1, 0.15) is 5.56 Å². The molecule has 0 radical (unpaired) electrons. The molecule has 0 aromatic carbocycles. The Bertz CT molecular complexity index is 652. The van der Waals surface area contributed by atoms with Gasteiger partial charge in [0.05, 0.1) is 24.0 Å². The molecule has 1 aliphatic heterocycles. The number of nitrogens with one attached hydrogen (secondary N) is 1. The molecule has 0 unspecified atom stereocenters. The molecular weight excluding hydrogens is 302 g/mol. The standard InChI is InChI=1S/C13H11F4N5/c14-9-4-19-12(20-5-9)21-10-6-22(7-10)11-3-8(1-2-18-11)13(15,16)17/h1-5,10H,6-7H2,(H,19,20,21). The molecule has 1 fully saturated rings. The Morgan fingerprint density at radius 1 is 1.14 bits per heavy atom. The van der Waals surface area contributed by atoms with Gasteiger partial charge in [-0.15, -0.1) is 0 Å². The maximum atomic E-state index is 12.7. The van der Waals surface area contributed by atoms with Crippen LogP contribution in [0.3, 0.4) is 0 Å². The fraction of sp³-hybridized carbons (Fsp3) is 0.308. The zero-order valence-corrected chi connectivity index (χ0v) is 11.2. The molecule has 0 amide bonds. The van der Waals surface area contributed by atoms with Gasteiger partial charge in [-0.25, -0.2) is 19.3 Å². The predicted octanol–water partition coefficient (Wildman–Crippen LogP) is 2.33. The first kappa shape index (κ1) is 14.5. The predicted molar refractivity (Wildman–Crippen MR) is 70.9 cm³/mol. The number of nitrogens with zero attached hydrogens (tertiary/aromatic N) is 4. The van der Waals surface area contributed by atoms with E-state index in [9.17, 15) is 17.6 Å². The third-order valence-electron chi connectivity index (χ3n) is 3.23. The van der Waals surface area contributed by atoms with Crippen molar-refractivity contribution in [2.75, 3.05) is 23.3 Å². The second kappa shape index (κ2) is 5.39. The minimum absolute atomic E-state index is 0.0261.